The van der Waals surface area contributed by atoms with Gasteiger partial charge in [0, 0.05) is 0 Å². The third kappa shape index (κ3) is 7.44. The number of aliphatic hydroxyl groups excluding tert-OH is 14. The van der Waals surface area contributed by atoms with Crippen LogP contribution >= 0.6 is 0 Å². The van der Waals surface area contributed by atoms with Crippen LogP contribution in [0.2, 0.25) is 0 Å². The van der Waals surface area contributed by atoms with Gasteiger partial charge in [-0.2, -0.15) is 0 Å². The van der Waals surface area contributed by atoms with Crippen LogP contribution in [-0.4, -0.2) is 221 Å². The van der Waals surface area contributed by atoms with Crippen molar-refractivity contribution in [2.24, 2.45) is 0 Å². The smallest absolute Gasteiger partial charge is 0.187 e. The second-order valence-electron chi connectivity index (χ2n) is 11.1. The molecule has 4 saturated heterocycles. The van der Waals surface area contributed by atoms with Crippen LogP contribution in [0.3, 0.4) is 0 Å². The second kappa shape index (κ2) is 15.6. The van der Waals surface area contributed by atoms with Crippen LogP contribution in [0.25, 0.3) is 0 Å². The van der Waals surface area contributed by atoms with E-state index < -0.39 is 149 Å². The van der Waals surface area contributed by atoms with Gasteiger partial charge in [0.25, 0.3) is 0 Å². The number of rotatable bonds is 10. The Morgan fingerprint density at radius 1 is 0.333 bits per heavy atom. The molecule has 0 aliphatic carbocycles. The molecular formula is C24H42O21. The molecule has 4 rings (SSSR count). The Labute approximate surface area is 254 Å². The van der Waals surface area contributed by atoms with E-state index in [0.717, 1.165) is 0 Å². The molecule has 0 aromatic heterocycles. The van der Waals surface area contributed by atoms with Gasteiger partial charge in [-0.1, -0.05) is 0 Å². The van der Waals surface area contributed by atoms with Crippen molar-refractivity contribution in [3.05, 3.63) is 0 Å². The quantitative estimate of drug-likeness (QED) is 0.103. The lowest BCUT2D eigenvalue weighted by atomic mass is 9.95. The van der Waals surface area contributed by atoms with E-state index in [1.165, 1.54) is 0 Å². The normalized spacial score (nSPS) is 52.9. The zero-order chi connectivity index (χ0) is 33.3. The molecule has 0 aromatic rings. The van der Waals surface area contributed by atoms with Crippen LogP contribution in [0.4, 0.5) is 0 Å². The van der Waals surface area contributed by atoms with Gasteiger partial charge in [0.05, 0.1) is 26.4 Å². The largest absolute Gasteiger partial charge is 0.394 e. The van der Waals surface area contributed by atoms with Gasteiger partial charge in [-0.3, -0.25) is 0 Å². The molecule has 264 valence electrons. The Bertz CT molecular complexity index is 910. The SMILES string of the molecule is OC[C@H]1O[C@@H](O[C@H]2[C@H](O)[C@H](O)C(O[C@H]3[C@H](O)[C@@H](O)[C@H](O[C@H]4[C@H](O)[C@@H](O)C(O)O[C@@H]4CO)O[C@@H]3CO)O[C@@H]2CO)[C@@H](O)[C@@H](O)[C@@H]1O. The van der Waals surface area contributed by atoms with Gasteiger partial charge < -0.3 is 105 Å². The summed E-state index contributed by atoms with van der Waals surface area (Å²) in [5, 5.41) is 142. The molecule has 4 heterocycles. The molecule has 14 N–H and O–H groups in total. The molecule has 0 amide bonds. The lowest BCUT2D eigenvalue weighted by molar-refractivity contribution is -0.387. The van der Waals surface area contributed by atoms with Crippen molar-refractivity contribution in [2.75, 3.05) is 26.4 Å². The molecule has 0 radical (unpaired) electrons. The summed E-state index contributed by atoms with van der Waals surface area (Å²) in [5.41, 5.74) is 0. The molecule has 2 unspecified atom stereocenters. The fourth-order valence-corrected chi connectivity index (χ4v) is 5.55. The van der Waals surface area contributed by atoms with E-state index in [4.69, 9.17) is 33.2 Å². The highest BCUT2D eigenvalue weighted by Gasteiger charge is 2.55. The minimum atomic E-state index is -2.02. The molecular weight excluding hydrogens is 624 g/mol. The molecule has 4 aliphatic heterocycles. The van der Waals surface area contributed by atoms with Crippen LogP contribution in [0.15, 0.2) is 0 Å². The van der Waals surface area contributed by atoms with Gasteiger partial charge in [0.2, 0.25) is 0 Å². The average molecular weight is 667 g/mol. The summed E-state index contributed by atoms with van der Waals surface area (Å²) in [6, 6.07) is 0. The molecule has 20 atom stereocenters. The molecule has 21 heteroatoms. The van der Waals surface area contributed by atoms with Gasteiger partial charge >= 0.3 is 0 Å². The fourth-order valence-electron chi connectivity index (χ4n) is 5.55. The molecule has 21 nitrogen and oxygen atoms in total. The monoisotopic (exact) mass is 666 g/mol. The number of ether oxygens (including phenoxy) is 7. The Morgan fingerprint density at radius 2 is 0.644 bits per heavy atom. The van der Waals surface area contributed by atoms with Crippen LogP contribution in [0.5, 0.6) is 0 Å². The van der Waals surface area contributed by atoms with Crippen molar-refractivity contribution < 1.29 is 105 Å². The summed E-state index contributed by atoms with van der Waals surface area (Å²) in [6.07, 6.45) is -35.3. The Balaban J connectivity index is 1.43. The highest BCUT2D eigenvalue weighted by atomic mass is 16.8. The van der Waals surface area contributed by atoms with E-state index in [1.54, 1.807) is 0 Å². The molecule has 0 aromatic carbocycles. The van der Waals surface area contributed by atoms with Gasteiger partial charge in [-0.05, 0) is 0 Å². The van der Waals surface area contributed by atoms with Gasteiger partial charge in [0.15, 0.2) is 25.2 Å². The number of hydrogen-bond donors (Lipinski definition) is 14. The van der Waals surface area contributed by atoms with E-state index in [0.29, 0.717) is 0 Å². The van der Waals surface area contributed by atoms with Crippen LogP contribution < -0.4 is 0 Å². The van der Waals surface area contributed by atoms with Gasteiger partial charge in [-0.15, -0.1) is 0 Å². The Hall–Kier alpha value is -0.840. The summed E-state index contributed by atoms with van der Waals surface area (Å²) in [4.78, 5) is 0. The summed E-state index contributed by atoms with van der Waals surface area (Å²) in [7, 11) is 0. The minimum absolute atomic E-state index is 0.784. The summed E-state index contributed by atoms with van der Waals surface area (Å²) in [5.74, 6) is 0. The summed E-state index contributed by atoms with van der Waals surface area (Å²) in [6.45, 7) is -3.39. The minimum Gasteiger partial charge on any atom is -0.394 e. The highest BCUT2D eigenvalue weighted by Crippen LogP contribution is 2.34. The lowest BCUT2D eigenvalue weighted by Gasteiger charge is -2.49. The van der Waals surface area contributed by atoms with Crippen LogP contribution in [-0.2, 0) is 33.2 Å². The van der Waals surface area contributed by atoms with Gasteiger partial charge in [-0.25, -0.2) is 0 Å². The van der Waals surface area contributed by atoms with Crippen LogP contribution in [0, 0.1) is 0 Å². The predicted octanol–water partition coefficient (Wildman–Crippen LogP) is -9.75. The molecule has 0 spiro atoms. The zero-order valence-corrected chi connectivity index (χ0v) is 23.5. The van der Waals surface area contributed by atoms with Gasteiger partial charge in [0.1, 0.15) is 97.7 Å². The topological polar surface area (TPSA) is 348 Å². The molecule has 45 heavy (non-hydrogen) atoms. The van der Waals surface area contributed by atoms with E-state index in [9.17, 15) is 71.5 Å². The zero-order valence-electron chi connectivity index (χ0n) is 23.5. The maximum atomic E-state index is 10.9. The van der Waals surface area contributed by atoms with E-state index in [2.05, 4.69) is 0 Å². The molecule has 0 bridgehead atoms. The predicted molar refractivity (Wildman–Crippen MR) is 134 cm³/mol. The van der Waals surface area contributed by atoms with Crippen molar-refractivity contribution >= 4 is 0 Å². The first-order valence-electron chi connectivity index (χ1n) is 14.1. The van der Waals surface area contributed by atoms with Crippen molar-refractivity contribution in [1.82, 2.24) is 0 Å². The van der Waals surface area contributed by atoms with Crippen molar-refractivity contribution in [3.63, 3.8) is 0 Å². The third-order valence-electron chi connectivity index (χ3n) is 8.20. The highest BCUT2D eigenvalue weighted by molar-refractivity contribution is 4.97. The van der Waals surface area contributed by atoms with E-state index >= 15 is 0 Å². The lowest BCUT2D eigenvalue weighted by Crippen LogP contribution is -2.67. The van der Waals surface area contributed by atoms with Crippen molar-refractivity contribution in [3.8, 4) is 0 Å². The van der Waals surface area contributed by atoms with Crippen LogP contribution in [0.1, 0.15) is 0 Å². The molecule has 0 saturated carbocycles. The second-order valence-corrected chi connectivity index (χ2v) is 11.1. The maximum absolute atomic E-state index is 10.9. The molecule has 4 fully saturated rings. The summed E-state index contributed by atoms with van der Waals surface area (Å²) < 4.78 is 37.7. The Morgan fingerprint density at radius 3 is 1.02 bits per heavy atom. The fraction of sp³-hybridized carbons (Fsp3) is 1.00. The molecule has 4 aliphatic rings. The van der Waals surface area contributed by atoms with E-state index in [1.807, 2.05) is 0 Å². The number of aliphatic hydroxyl groups is 14. The first-order chi connectivity index (χ1) is 21.3. The van der Waals surface area contributed by atoms with Crippen molar-refractivity contribution in [1.29, 1.82) is 0 Å². The average Bonchev–Trinajstić information content (AvgIpc) is 3.03. The first kappa shape index (κ1) is 37.0. The number of hydrogen-bond acceptors (Lipinski definition) is 21. The maximum Gasteiger partial charge on any atom is 0.187 e. The van der Waals surface area contributed by atoms with Crippen molar-refractivity contribution in [2.45, 2.75) is 123 Å². The third-order valence-corrected chi connectivity index (χ3v) is 8.20. The first-order valence-corrected chi connectivity index (χ1v) is 14.1. The Kier molecular flexibility index (Phi) is 12.8. The van der Waals surface area contributed by atoms with E-state index in [-0.39, 0.29) is 0 Å². The summed E-state index contributed by atoms with van der Waals surface area (Å²) >= 11 is 0. The standard InChI is InChI=1S/C24H42O21/c25-1-5-9(29)10(30)15(35)22(40-5)44-19-7(3-27)42-24(17(37)12(19)32)45-20-8(4-28)41-23(16(36)13(20)33)43-18-6(2-26)39-21(38)14(34)11(18)31/h5-38H,1-4H2/t5-,6-,7-,8-,9-,10+,11-,12-,13-,14-,15+,16-,17+,18-,19-,20-,21?,22+,23+,24?/m1/s1.